The molecule has 0 N–H and O–H groups in total. The van der Waals surface area contributed by atoms with Crippen molar-refractivity contribution in [1.82, 2.24) is 4.98 Å². The van der Waals surface area contributed by atoms with E-state index in [1.54, 1.807) is 0 Å². The summed E-state index contributed by atoms with van der Waals surface area (Å²) in [5.41, 5.74) is 2.44. The summed E-state index contributed by atoms with van der Waals surface area (Å²) in [5.74, 6) is 11.5. The number of aryl methyl sites for hydroxylation is 2. The molecule has 1 aliphatic carbocycles. The topological polar surface area (TPSA) is 39.2 Å². The molecule has 3 nitrogen and oxygen atoms in total. The number of carbonyl (C=O) groups is 1. The van der Waals surface area contributed by atoms with Gasteiger partial charge in [-0.3, -0.25) is 4.98 Å². The van der Waals surface area contributed by atoms with E-state index in [0.29, 0.717) is 5.56 Å². The van der Waals surface area contributed by atoms with E-state index in [2.05, 4.69) is 28.7 Å². The molecule has 0 saturated heterocycles. The van der Waals surface area contributed by atoms with E-state index in [4.69, 9.17) is 4.74 Å². The lowest BCUT2D eigenvalue weighted by atomic mass is 10.0. The van der Waals surface area contributed by atoms with Crippen molar-refractivity contribution in [3.8, 4) is 23.7 Å². The first-order valence-electron chi connectivity index (χ1n) is 6.83. The largest absolute Gasteiger partial charge is 0.465 e. The van der Waals surface area contributed by atoms with Crippen LogP contribution < -0.4 is 0 Å². The summed E-state index contributed by atoms with van der Waals surface area (Å²) in [6.07, 6.45) is 6.82. The van der Waals surface area contributed by atoms with Crippen LogP contribution in [0.15, 0.2) is 12.3 Å². The number of esters is 1. The highest BCUT2D eigenvalue weighted by Gasteiger charge is 2.14. The fraction of sp³-hybridized carbons (Fsp3) is 0.412. The molecule has 1 aromatic rings. The van der Waals surface area contributed by atoms with E-state index in [1.165, 1.54) is 7.11 Å². The summed E-state index contributed by atoms with van der Waals surface area (Å²) in [7, 11) is 1.40. The summed E-state index contributed by atoms with van der Waals surface area (Å²) in [4.78, 5) is 16.3. The molecular weight excluding hydrogens is 250 g/mol. The van der Waals surface area contributed by atoms with Gasteiger partial charge in [-0.25, -0.2) is 4.79 Å². The third-order valence-electron chi connectivity index (χ3n) is 3.15. The Morgan fingerprint density at radius 2 is 1.90 bits per heavy atom. The van der Waals surface area contributed by atoms with E-state index in [9.17, 15) is 4.79 Å². The van der Waals surface area contributed by atoms with Crippen LogP contribution in [0.3, 0.4) is 0 Å². The average Bonchev–Trinajstić information content (AvgIpc) is 2.49. The lowest BCUT2D eigenvalue weighted by Gasteiger charge is -2.09. The third kappa shape index (κ3) is 3.87. The standard InChI is InChI=1S/C17H17NO2/c1-20-17(19)15-12-14-10-8-6-4-2-3-5-7-9-11-16(15)18-13-14/h12-13H,6-11H2,1H3. The zero-order valence-electron chi connectivity index (χ0n) is 11.7. The maximum atomic E-state index is 11.8. The van der Waals surface area contributed by atoms with Crippen LogP contribution in [0, 0.1) is 23.7 Å². The maximum Gasteiger partial charge on any atom is 0.339 e. The van der Waals surface area contributed by atoms with E-state index >= 15 is 0 Å². The molecule has 3 rings (SSSR count). The molecule has 0 aromatic carbocycles. The zero-order chi connectivity index (χ0) is 14.2. The highest BCUT2D eigenvalue weighted by Crippen LogP contribution is 2.15. The van der Waals surface area contributed by atoms with Crippen molar-refractivity contribution in [3.63, 3.8) is 0 Å². The molecule has 102 valence electrons. The highest BCUT2D eigenvalue weighted by atomic mass is 16.5. The van der Waals surface area contributed by atoms with Crippen LogP contribution in [0.25, 0.3) is 0 Å². The van der Waals surface area contributed by atoms with Gasteiger partial charge in [-0.1, -0.05) is 11.8 Å². The molecule has 20 heavy (non-hydrogen) atoms. The zero-order valence-corrected chi connectivity index (χ0v) is 11.7. The Kier molecular flexibility index (Phi) is 5.21. The van der Waals surface area contributed by atoms with Gasteiger partial charge < -0.3 is 4.74 Å². The first-order chi connectivity index (χ1) is 9.81. The molecular formula is C17H17NO2. The van der Waals surface area contributed by atoms with Crippen molar-refractivity contribution in [1.29, 1.82) is 0 Å². The summed E-state index contributed by atoms with van der Waals surface area (Å²) < 4.78 is 4.85. The number of fused-ring (bicyclic) bond motifs is 9. The molecule has 1 aliphatic heterocycles. The summed E-state index contributed by atoms with van der Waals surface area (Å²) in [5, 5.41) is 0. The van der Waals surface area contributed by atoms with Crippen LogP contribution in [0.2, 0.25) is 0 Å². The summed E-state index contributed by atoms with van der Waals surface area (Å²) >= 11 is 0. The SMILES string of the molecule is COC(=O)c1cc2cnc1CCCC#CC#CCCC2. The molecule has 0 atom stereocenters. The van der Waals surface area contributed by atoms with Crippen LogP contribution in [0.1, 0.15) is 47.3 Å². The van der Waals surface area contributed by atoms with E-state index in [0.717, 1.165) is 49.8 Å². The third-order valence-corrected chi connectivity index (χ3v) is 3.15. The summed E-state index contributed by atoms with van der Waals surface area (Å²) in [6, 6.07) is 1.90. The lowest BCUT2D eigenvalue weighted by molar-refractivity contribution is 0.0598. The number of nitrogens with zero attached hydrogens (tertiary/aromatic N) is 1. The second-order valence-electron chi connectivity index (χ2n) is 4.64. The first-order valence-corrected chi connectivity index (χ1v) is 6.83. The van der Waals surface area contributed by atoms with Gasteiger partial charge in [-0.15, -0.1) is 0 Å². The van der Waals surface area contributed by atoms with Crippen molar-refractivity contribution >= 4 is 5.97 Å². The lowest BCUT2D eigenvalue weighted by Crippen LogP contribution is -2.09. The average molecular weight is 267 g/mol. The van der Waals surface area contributed by atoms with Gasteiger partial charge in [0.15, 0.2) is 0 Å². The van der Waals surface area contributed by atoms with Crippen LogP contribution in [0.4, 0.5) is 0 Å². The van der Waals surface area contributed by atoms with Gasteiger partial charge in [0, 0.05) is 19.0 Å². The van der Waals surface area contributed by atoms with Crippen LogP contribution in [-0.2, 0) is 17.6 Å². The molecule has 3 heteroatoms. The van der Waals surface area contributed by atoms with Gasteiger partial charge in [-0.2, -0.15) is 0 Å². The Morgan fingerprint density at radius 3 is 2.60 bits per heavy atom. The first kappa shape index (κ1) is 14.2. The fourth-order valence-corrected chi connectivity index (χ4v) is 2.10. The molecule has 0 radical (unpaired) electrons. The highest BCUT2D eigenvalue weighted by molar-refractivity contribution is 5.90. The van der Waals surface area contributed by atoms with Gasteiger partial charge in [0.1, 0.15) is 0 Å². The van der Waals surface area contributed by atoms with Crippen molar-refractivity contribution < 1.29 is 9.53 Å². The minimum Gasteiger partial charge on any atom is -0.465 e. The molecule has 0 unspecified atom stereocenters. The number of rotatable bonds is 1. The van der Waals surface area contributed by atoms with Gasteiger partial charge in [0.05, 0.1) is 18.4 Å². The minimum atomic E-state index is -0.313. The Balaban J connectivity index is 2.28. The Labute approximate surface area is 119 Å². The number of methoxy groups -OCH3 is 1. The van der Waals surface area contributed by atoms with Gasteiger partial charge in [-0.05, 0) is 49.2 Å². The predicted molar refractivity (Wildman–Crippen MR) is 77.0 cm³/mol. The van der Waals surface area contributed by atoms with E-state index in [1.807, 2.05) is 12.3 Å². The van der Waals surface area contributed by atoms with Crippen LogP contribution >= 0.6 is 0 Å². The molecule has 2 bridgehead atoms. The van der Waals surface area contributed by atoms with E-state index in [-0.39, 0.29) is 5.97 Å². The quantitative estimate of drug-likeness (QED) is 0.580. The number of ether oxygens (including phenoxy) is 1. The van der Waals surface area contributed by atoms with Gasteiger partial charge >= 0.3 is 5.97 Å². The van der Waals surface area contributed by atoms with Crippen molar-refractivity contribution in [3.05, 3.63) is 29.1 Å². The Bertz CT molecular complexity index is 611. The molecule has 0 saturated carbocycles. The Morgan fingerprint density at radius 1 is 1.20 bits per heavy atom. The number of pyridine rings is 1. The molecule has 2 heterocycles. The number of hydrogen-bond donors (Lipinski definition) is 0. The van der Waals surface area contributed by atoms with Crippen molar-refractivity contribution in [2.45, 2.75) is 38.5 Å². The van der Waals surface area contributed by atoms with Crippen LogP contribution in [-0.4, -0.2) is 18.1 Å². The van der Waals surface area contributed by atoms with Crippen molar-refractivity contribution in [2.75, 3.05) is 7.11 Å². The molecule has 1 aromatic heterocycles. The number of carbonyl (C=O) groups excluding carboxylic acids is 1. The molecule has 0 fully saturated rings. The second-order valence-corrected chi connectivity index (χ2v) is 4.64. The number of aromatic nitrogens is 1. The monoisotopic (exact) mass is 267 g/mol. The smallest absolute Gasteiger partial charge is 0.339 e. The van der Waals surface area contributed by atoms with Gasteiger partial charge in [0.2, 0.25) is 0 Å². The molecule has 2 aliphatic rings. The van der Waals surface area contributed by atoms with Crippen LogP contribution in [0.5, 0.6) is 0 Å². The Hall–Kier alpha value is -2.26. The number of hydrogen-bond acceptors (Lipinski definition) is 3. The van der Waals surface area contributed by atoms with Gasteiger partial charge in [0.25, 0.3) is 0 Å². The molecule has 0 amide bonds. The minimum absolute atomic E-state index is 0.313. The maximum absolute atomic E-state index is 11.8. The second kappa shape index (κ2) is 7.36. The summed E-state index contributed by atoms with van der Waals surface area (Å²) in [6.45, 7) is 0. The fourth-order valence-electron chi connectivity index (χ4n) is 2.10. The van der Waals surface area contributed by atoms with E-state index < -0.39 is 0 Å². The molecule has 0 spiro atoms. The van der Waals surface area contributed by atoms with Crippen molar-refractivity contribution in [2.24, 2.45) is 0 Å². The normalized spacial score (nSPS) is 14.2. The predicted octanol–water partition coefficient (Wildman–Crippen LogP) is 2.53.